The molecule has 1 aromatic heterocycles. The van der Waals surface area contributed by atoms with Crippen molar-refractivity contribution in [3.05, 3.63) is 31.2 Å². The molecule has 1 N–H and O–H groups in total. The lowest BCUT2D eigenvalue weighted by molar-refractivity contribution is 0.513. The first-order valence-electron chi connectivity index (χ1n) is 6.67. The van der Waals surface area contributed by atoms with Crippen LogP contribution in [-0.2, 0) is 0 Å². The molecule has 0 amide bonds. The molecule has 0 aliphatic carbocycles. The molecule has 1 unspecified atom stereocenters. The highest BCUT2D eigenvalue weighted by Gasteiger charge is 2.16. The summed E-state index contributed by atoms with van der Waals surface area (Å²) < 4.78 is 2.27. The van der Waals surface area contributed by atoms with Crippen molar-refractivity contribution in [1.82, 2.24) is 15.5 Å². The maximum Gasteiger partial charge on any atom is 0.149 e. The molecule has 0 saturated carbocycles. The van der Waals surface area contributed by atoms with Gasteiger partial charge in [-0.25, -0.2) is 0 Å². The molecule has 0 aliphatic heterocycles. The SMILES string of the molecule is CCCNC(CC)c1nnc(-c2cc(I)ccc2Br)s1. The summed E-state index contributed by atoms with van der Waals surface area (Å²) in [5.41, 5.74) is 1.12. The van der Waals surface area contributed by atoms with Crippen molar-refractivity contribution in [2.75, 3.05) is 6.54 Å². The number of halogens is 2. The predicted molar refractivity (Wildman–Crippen MR) is 97.1 cm³/mol. The number of benzene rings is 1. The van der Waals surface area contributed by atoms with E-state index in [0.717, 1.165) is 39.4 Å². The van der Waals surface area contributed by atoms with E-state index in [9.17, 15) is 0 Å². The van der Waals surface area contributed by atoms with Gasteiger partial charge in [0.2, 0.25) is 0 Å². The lowest BCUT2D eigenvalue weighted by Gasteiger charge is -2.12. The minimum absolute atomic E-state index is 0.308. The molecule has 2 rings (SSSR count). The van der Waals surface area contributed by atoms with Gasteiger partial charge in [0.05, 0.1) is 6.04 Å². The van der Waals surface area contributed by atoms with Gasteiger partial charge in [0.25, 0.3) is 0 Å². The lowest BCUT2D eigenvalue weighted by atomic mass is 10.2. The molecular formula is C14H17BrIN3S. The van der Waals surface area contributed by atoms with E-state index in [-0.39, 0.29) is 0 Å². The first-order chi connectivity index (χ1) is 9.65. The number of nitrogens with one attached hydrogen (secondary N) is 1. The number of aromatic nitrogens is 2. The molecule has 1 aromatic carbocycles. The van der Waals surface area contributed by atoms with Crippen LogP contribution < -0.4 is 5.32 Å². The maximum absolute atomic E-state index is 4.37. The van der Waals surface area contributed by atoms with Gasteiger partial charge >= 0.3 is 0 Å². The molecule has 2 aromatic rings. The standard InChI is InChI=1S/C14H17BrIN3S/c1-3-7-17-12(4-2)14-19-18-13(20-14)10-8-9(16)5-6-11(10)15/h5-6,8,12,17H,3-4,7H2,1-2H3. The van der Waals surface area contributed by atoms with Crippen LogP contribution in [-0.4, -0.2) is 16.7 Å². The minimum Gasteiger partial charge on any atom is -0.308 e. The Bertz CT molecular complexity index is 573. The van der Waals surface area contributed by atoms with Crippen LogP contribution in [0.2, 0.25) is 0 Å². The van der Waals surface area contributed by atoms with Crippen LogP contribution in [0.15, 0.2) is 22.7 Å². The first kappa shape index (κ1) is 16.3. The summed E-state index contributed by atoms with van der Waals surface area (Å²) in [6.45, 7) is 5.37. The third-order valence-corrected chi connectivity index (χ3v) is 5.38. The number of rotatable bonds is 6. The van der Waals surface area contributed by atoms with Crippen LogP contribution in [0.3, 0.4) is 0 Å². The van der Waals surface area contributed by atoms with E-state index in [4.69, 9.17) is 0 Å². The van der Waals surface area contributed by atoms with E-state index in [1.807, 2.05) is 0 Å². The summed E-state index contributed by atoms with van der Waals surface area (Å²) >= 11 is 7.58. The molecule has 20 heavy (non-hydrogen) atoms. The van der Waals surface area contributed by atoms with E-state index in [1.54, 1.807) is 11.3 Å². The quantitative estimate of drug-likeness (QED) is 0.608. The molecule has 0 spiro atoms. The fourth-order valence-corrected chi connectivity index (χ4v) is 3.96. The van der Waals surface area contributed by atoms with Gasteiger partial charge < -0.3 is 5.32 Å². The van der Waals surface area contributed by atoms with Crippen molar-refractivity contribution < 1.29 is 0 Å². The van der Waals surface area contributed by atoms with Gasteiger partial charge in [-0.1, -0.05) is 41.1 Å². The summed E-state index contributed by atoms with van der Waals surface area (Å²) in [5.74, 6) is 0. The summed E-state index contributed by atoms with van der Waals surface area (Å²) in [6.07, 6.45) is 2.16. The highest BCUT2D eigenvalue weighted by Crippen LogP contribution is 2.33. The fourth-order valence-electron chi connectivity index (χ4n) is 1.87. The first-order valence-corrected chi connectivity index (χ1v) is 9.36. The Morgan fingerprint density at radius 1 is 1.35 bits per heavy atom. The largest absolute Gasteiger partial charge is 0.308 e. The highest BCUT2D eigenvalue weighted by molar-refractivity contribution is 14.1. The lowest BCUT2D eigenvalue weighted by Crippen LogP contribution is -2.21. The Morgan fingerprint density at radius 3 is 2.85 bits per heavy atom. The molecule has 1 heterocycles. The molecule has 1 atom stereocenters. The van der Waals surface area contributed by atoms with Crippen molar-refractivity contribution in [3.8, 4) is 10.6 Å². The summed E-state index contributed by atoms with van der Waals surface area (Å²) in [5, 5.41) is 14.3. The van der Waals surface area contributed by atoms with Gasteiger partial charge in [-0.05, 0) is 60.2 Å². The average molecular weight is 466 g/mol. The third kappa shape index (κ3) is 3.99. The van der Waals surface area contributed by atoms with Gasteiger partial charge in [0.1, 0.15) is 10.0 Å². The predicted octanol–water partition coefficient (Wildman–Crippen LogP) is 5.02. The van der Waals surface area contributed by atoms with Gasteiger partial charge in [-0.3, -0.25) is 0 Å². The Balaban J connectivity index is 2.25. The van der Waals surface area contributed by atoms with Gasteiger partial charge in [-0.2, -0.15) is 0 Å². The topological polar surface area (TPSA) is 37.8 Å². The fraction of sp³-hybridized carbons (Fsp3) is 0.429. The second kappa shape index (κ2) is 7.82. The zero-order chi connectivity index (χ0) is 14.5. The van der Waals surface area contributed by atoms with E-state index < -0.39 is 0 Å². The minimum atomic E-state index is 0.308. The van der Waals surface area contributed by atoms with Crippen LogP contribution in [0, 0.1) is 3.57 Å². The van der Waals surface area contributed by atoms with Gasteiger partial charge in [0, 0.05) is 13.6 Å². The second-order valence-corrected chi connectivity index (χ2v) is 7.59. The third-order valence-electron chi connectivity index (χ3n) is 2.95. The van der Waals surface area contributed by atoms with E-state index >= 15 is 0 Å². The van der Waals surface area contributed by atoms with Crippen molar-refractivity contribution in [2.24, 2.45) is 0 Å². The molecule has 108 valence electrons. The zero-order valence-electron chi connectivity index (χ0n) is 11.5. The van der Waals surface area contributed by atoms with Crippen molar-refractivity contribution in [2.45, 2.75) is 32.7 Å². The molecule has 0 fully saturated rings. The summed E-state index contributed by atoms with van der Waals surface area (Å²) in [4.78, 5) is 0. The molecule has 0 bridgehead atoms. The Labute approximate surface area is 145 Å². The van der Waals surface area contributed by atoms with Crippen LogP contribution in [0.1, 0.15) is 37.7 Å². The average Bonchev–Trinajstić information content (AvgIpc) is 2.92. The molecule has 0 saturated heterocycles. The van der Waals surface area contributed by atoms with E-state index in [2.05, 4.69) is 86.1 Å². The second-order valence-electron chi connectivity index (χ2n) is 4.48. The highest BCUT2D eigenvalue weighted by atomic mass is 127. The van der Waals surface area contributed by atoms with Crippen molar-refractivity contribution in [3.63, 3.8) is 0 Å². The zero-order valence-corrected chi connectivity index (χ0v) is 16.0. The smallest absolute Gasteiger partial charge is 0.149 e. The molecule has 0 aliphatic rings. The van der Waals surface area contributed by atoms with Crippen molar-refractivity contribution >= 4 is 49.9 Å². The van der Waals surface area contributed by atoms with E-state index in [0.29, 0.717) is 6.04 Å². The van der Waals surface area contributed by atoms with E-state index in [1.165, 1.54) is 3.57 Å². The molecule has 0 radical (unpaired) electrons. The Hall–Kier alpha value is -0.0500. The molecule has 6 heteroatoms. The Kier molecular flexibility index (Phi) is 6.38. The molecule has 3 nitrogen and oxygen atoms in total. The van der Waals surface area contributed by atoms with Crippen LogP contribution in [0.5, 0.6) is 0 Å². The van der Waals surface area contributed by atoms with Gasteiger partial charge in [0.15, 0.2) is 0 Å². The normalized spacial score (nSPS) is 12.6. The Morgan fingerprint density at radius 2 is 2.15 bits per heavy atom. The van der Waals surface area contributed by atoms with Crippen LogP contribution in [0.25, 0.3) is 10.6 Å². The number of hydrogen-bond donors (Lipinski definition) is 1. The van der Waals surface area contributed by atoms with Gasteiger partial charge in [-0.15, -0.1) is 10.2 Å². The number of nitrogens with zero attached hydrogens (tertiary/aromatic N) is 2. The van der Waals surface area contributed by atoms with Crippen molar-refractivity contribution in [1.29, 1.82) is 0 Å². The maximum atomic E-state index is 4.37. The van der Waals surface area contributed by atoms with Crippen LogP contribution in [0.4, 0.5) is 0 Å². The molecular weight excluding hydrogens is 449 g/mol. The number of hydrogen-bond acceptors (Lipinski definition) is 4. The van der Waals surface area contributed by atoms with Crippen LogP contribution >= 0.6 is 49.9 Å². The summed E-state index contributed by atoms with van der Waals surface area (Å²) in [7, 11) is 0. The monoisotopic (exact) mass is 465 g/mol. The summed E-state index contributed by atoms with van der Waals surface area (Å²) in [6, 6.07) is 6.58.